The van der Waals surface area contributed by atoms with Crippen LogP contribution in [0, 0.1) is 5.92 Å². The van der Waals surface area contributed by atoms with Crippen LogP contribution >= 0.6 is 0 Å². The fourth-order valence-electron chi connectivity index (χ4n) is 7.67. The standard InChI is InChI=1S/C40H33N/c1-40(2)34-18-8-11-21-37(34)41(38-22-12-9-19-35(38)40)36-20-10-7-13-29(36)27-23-25-28(26-24-27)39-32-16-5-3-14-30(32)31-15-4-6-17-33(31)39/h3-26,34,37,39H,1-2H3. The second kappa shape index (κ2) is 9.21. The molecule has 0 saturated heterocycles. The van der Waals surface area contributed by atoms with Crippen molar-refractivity contribution in [2.45, 2.75) is 31.2 Å². The predicted octanol–water partition coefficient (Wildman–Crippen LogP) is 10.1. The Balaban J connectivity index is 1.23. The van der Waals surface area contributed by atoms with Gasteiger partial charge in [0.25, 0.3) is 0 Å². The summed E-state index contributed by atoms with van der Waals surface area (Å²) in [5.41, 5.74) is 13.4. The highest BCUT2D eigenvalue weighted by molar-refractivity contribution is 5.86. The predicted molar refractivity (Wildman–Crippen MR) is 172 cm³/mol. The molecule has 2 aliphatic carbocycles. The minimum absolute atomic E-state index is 0.0451. The highest BCUT2D eigenvalue weighted by Crippen LogP contribution is 2.52. The van der Waals surface area contributed by atoms with Crippen molar-refractivity contribution in [3.05, 3.63) is 168 Å². The van der Waals surface area contributed by atoms with E-state index in [-0.39, 0.29) is 17.4 Å². The van der Waals surface area contributed by atoms with E-state index in [0.29, 0.717) is 5.92 Å². The van der Waals surface area contributed by atoms with Crippen LogP contribution in [0.5, 0.6) is 0 Å². The van der Waals surface area contributed by atoms with E-state index >= 15 is 0 Å². The largest absolute Gasteiger partial charge is 0.333 e. The smallest absolute Gasteiger partial charge is 0.0596 e. The van der Waals surface area contributed by atoms with Gasteiger partial charge in [0.05, 0.1) is 6.04 Å². The quantitative estimate of drug-likeness (QED) is 0.221. The van der Waals surface area contributed by atoms with Gasteiger partial charge in [-0.05, 0) is 51.1 Å². The van der Waals surface area contributed by atoms with E-state index in [1.54, 1.807) is 0 Å². The summed E-state index contributed by atoms with van der Waals surface area (Å²) in [6.45, 7) is 4.79. The van der Waals surface area contributed by atoms with E-state index in [1.807, 2.05) is 0 Å². The summed E-state index contributed by atoms with van der Waals surface area (Å²) in [6, 6.07) is 45.3. The maximum Gasteiger partial charge on any atom is 0.0596 e. The van der Waals surface area contributed by atoms with Crippen molar-refractivity contribution in [1.82, 2.24) is 0 Å². The topological polar surface area (TPSA) is 3.24 Å². The molecule has 1 heteroatoms. The number of allylic oxidation sites excluding steroid dienone is 2. The molecule has 1 heterocycles. The molecule has 1 aliphatic heterocycles. The van der Waals surface area contributed by atoms with Crippen LogP contribution in [0.15, 0.2) is 146 Å². The molecular weight excluding hydrogens is 494 g/mol. The molecule has 0 saturated carbocycles. The lowest BCUT2D eigenvalue weighted by Gasteiger charge is -2.51. The van der Waals surface area contributed by atoms with Crippen molar-refractivity contribution < 1.29 is 0 Å². The van der Waals surface area contributed by atoms with Crippen LogP contribution in [0.2, 0.25) is 0 Å². The van der Waals surface area contributed by atoms with E-state index < -0.39 is 0 Å². The zero-order valence-corrected chi connectivity index (χ0v) is 23.5. The summed E-state index contributed by atoms with van der Waals surface area (Å²) in [5, 5.41) is 0. The van der Waals surface area contributed by atoms with Crippen molar-refractivity contribution in [3.63, 3.8) is 0 Å². The zero-order valence-electron chi connectivity index (χ0n) is 23.5. The SMILES string of the molecule is CC1(C)c2ccccc2N(c2ccccc2-c2ccc(C3c4ccccc4-c4ccccc43)cc2)C2C=CC=CC21. The van der Waals surface area contributed by atoms with E-state index in [2.05, 4.69) is 164 Å². The molecule has 0 aromatic heterocycles. The molecular formula is C40H33N. The van der Waals surface area contributed by atoms with E-state index in [0.717, 1.165) is 0 Å². The number of para-hydroxylation sites is 2. The van der Waals surface area contributed by atoms with Crippen LogP contribution in [0.3, 0.4) is 0 Å². The lowest BCUT2D eigenvalue weighted by molar-refractivity contribution is 0.332. The van der Waals surface area contributed by atoms with Crippen LogP contribution in [0.25, 0.3) is 22.3 Å². The molecule has 0 radical (unpaired) electrons. The molecule has 198 valence electrons. The van der Waals surface area contributed by atoms with Crippen molar-refractivity contribution in [2.24, 2.45) is 5.92 Å². The highest BCUT2D eigenvalue weighted by Gasteiger charge is 2.45. The highest BCUT2D eigenvalue weighted by atomic mass is 15.2. The molecule has 2 atom stereocenters. The maximum atomic E-state index is 2.58. The number of anilines is 2. The molecule has 2 unspecified atom stereocenters. The number of benzene rings is 5. The Hall–Kier alpha value is -4.62. The Kier molecular flexibility index (Phi) is 5.44. The van der Waals surface area contributed by atoms with Crippen molar-refractivity contribution in [3.8, 4) is 22.3 Å². The molecule has 0 amide bonds. The molecule has 0 spiro atoms. The zero-order chi connectivity index (χ0) is 27.6. The third-order valence-electron chi connectivity index (χ3n) is 9.65. The molecule has 1 nitrogen and oxygen atoms in total. The summed E-state index contributed by atoms with van der Waals surface area (Å²) >= 11 is 0. The normalized spacial score (nSPS) is 19.8. The third kappa shape index (κ3) is 3.62. The van der Waals surface area contributed by atoms with Crippen LogP contribution in [0.1, 0.15) is 42.0 Å². The Morgan fingerprint density at radius 3 is 1.80 bits per heavy atom. The molecule has 0 fully saturated rings. The number of hydrogen-bond acceptors (Lipinski definition) is 1. The first-order valence-electron chi connectivity index (χ1n) is 14.7. The van der Waals surface area contributed by atoms with Gasteiger partial charge in [0.1, 0.15) is 0 Å². The molecule has 5 aromatic carbocycles. The molecule has 0 N–H and O–H groups in total. The first kappa shape index (κ1) is 24.2. The lowest BCUT2D eigenvalue weighted by atomic mass is 9.65. The van der Waals surface area contributed by atoms with Crippen molar-refractivity contribution in [2.75, 3.05) is 4.90 Å². The molecule has 5 aromatic rings. The molecule has 41 heavy (non-hydrogen) atoms. The lowest BCUT2D eigenvalue weighted by Crippen LogP contribution is -2.49. The van der Waals surface area contributed by atoms with Gasteiger partial charge in [-0.25, -0.2) is 0 Å². The summed E-state index contributed by atoms with van der Waals surface area (Å²) in [4.78, 5) is 2.58. The van der Waals surface area contributed by atoms with Crippen LogP contribution in [-0.4, -0.2) is 6.04 Å². The van der Waals surface area contributed by atoms with Gasteiger partial charge in [0.2, 0.25) is 0 Å². The monoisotopic (exact) mass is 527 g/mol. The second-order valence-corrected chi connectivity index (χ2v) is 12.1. The van der Waals surface area contributed by atoms with Crippen LogP contribution in [-0.2, 0) is 5.41 Å². The Morgan fingerprint density at radius 1 is 0.537 bits per heavy atom. The van der Waals surface area contributed by atoms with Gasteiger partial charge in [0, 0.05) is 34.2 Å². The van der Waals surface area contributed by atoms with E-state index in [4.69, 9.17) is 0 Å². The Bertz CT molecular complexity index is 1790. The molecule has 8 rings (SSSR count). The van der Waals surface area contributed by atoms with Crippen molar-refractivity contribution >= 4 is 11.4 Å². The first-order valence-corrected chi connectivity index (χ1v) is 14.7. The summed E-state index contributed by atoms with van der Waals surface area (Å²) in [7, 11) is 0. The third-order valence-corrected chi connectivity index (χ3v) is 9.65. The van der Waals surface area contributed by atoms with Gasteiger partial charge < -0.3 is 4.90 Å². The maximum absolute atomic E-state index is 2.58. The fraction of sp³-hybridized carbons (Fsp3) is 0.150. The van der Waals surface area contributed by atoms with Gasteiger partial charge in [-0.2, -0.15) is 0 Å². The van der Waals surface area contributed by atoms with Crippen LogP contribution in [0.4, 0.5) is 11.4 Å². The van der Waals surface area contributed by atoms with Gasteiger partial charge in [0.15, 0.2) is 0 Å². The fourth-order valence-corrected chi connectivity index (χ4v) is 7.67. The summed E-state index contributed by atoms with van der Waals surface area (Å²) in [5.74, 6) is 0.656. The minimum Gasteiger partial charge on any atom is -0.333 e. The Morgan fingerprint density at radius 2 is 1.10 bits per heavy atom. The number of fused-ring (bicyclic) bond motifs is 5. The number of rotatable bonds is 3. The van der Waals surface area contributed by atoms with Gasteiger partial charge in [-0.3, -0.25) is 0 Å². The van der Waals surface area contributed by atoms with Gasteiger partial charge >= 0.3 is 0 Å². The molecule has 0 bridgehead atoms. The molecule has 3 aliphatic rings. The number of hydrogen-bond donors (Lipinski definition) is 0. The average Bonchev–Trinajstić information content (AvgIpc) is 3.36. The van der Waals surface area contributed by atoms with Gasteiger partial charge in [-0.1, -0.05) is 147 Å². The summed E-state index contributed by atoms with van der Waals surface area (Å²) in [6.07, 6.45) is 9.23. The number of nitrogens with zero attached hydrogens (tertiary/aromatic N) is 1. The van der Waals surface area contributed by atoms with Gasteiger partial charge in [-0.15, -0.1) is 0 Å². The van der Waals surface area contributed by atoms with Crippen molar-refractivity contribution in [1.29, 1.82) is 0 Å². The van der Waals surface area contributed by atoms with Crippen LogP contribution < -0.4 is 4.90 Å². The summed E-state index contributed by atoms with van der Waals surface area (Å²) < 4.78 is 0. The van der Waals surface area contributed by atoms with E-state index in [9.17, 15) is 0 Å². The van der Waals surface area contributed by atoms with E-state index in [1.165, 1.54) is 55.9 Å². The second-order valence-electron chi connectivity index (χ2n) is 12.1. The Labute approximate surface area is 243 Å². The minimum atomic E-state index is 0.0451. The average molecular weight is 528 g/mol. The first-order chi connectivity index (χ1) is 20.1.